The van der Waals surface area contributed by atoms with E-state index >= 15 is 0 Å². The molecule has 0 aliphatic carbocycles. The average molecular weight is 497 g/mol. The molecule has 2 aliphatic rings. The second kappa shape index (κ2) is 8.27. The van der Waals surface area contributed by atoms with Crippen LogP contribution >= 0.6 is 23.2 Å². The van der Waals surface area contributed by atoms with Crippen LogP contribution in [0.5, 0.6) is 0 Å². The molecule has 2 aromatic heterocycles. The van der Waals surface area contributed by atoms with E-state index in [1.54, 1.807) is 6.07 Å². The van der Waals surface area contributed by atoms with E-state index in [1.807, 2.05) is 17.0 Å². The third-order valence-electron chi connectivity index (χ3n) is 5.83. The molecule has 168 valence electrons. The number of halogens is 2. The maximum absolute atomic E-state index is 13.3. The number of rotatable bonds is 4. The molecule has 0 radical (unpaired) electrons. The molecule has 0 spiro atoms. The lowest BCUT2D eigenvalue weighted by atomic mass is 10.0. The molecule has 12 heteroatoms. The van der Waals surface area contributed by atoms with Crippen molar-refractivity contribution in [3.63, 3.8) is 0 Å². The number of hydrogen-bond donors (Lipinski definition) is 0. The molecule has 1 saturated heterocycles. The fraction of sp³-hybridized carbons (Fsp3) is 0.350. The van der Waals surface area contributed by atoms with Crippen LogP contribution in [0, 0.1) is 0 Å². The highest BCUT2D eigenvalue weighted by molar-refractivity contribution is 7.89. The molecule has 9 nitrogen and oxygen atoms in total. The van der Waals surface area contributed by atoms with Crippen molar-refractivity contribution in [2.75, 3.05) is 18.0 Å². The van der Waals surface area contributed by atoms with Crippen molar-refractivity contribution in [3.8, 4) is 0 Å². The van der Waals surface area contributed by atoms with E-state index < -0.39 is 16.3 Å². The molecule has 5 rings (SSSR count). The second-order valence-electron chi connectivity index (χ2n) is 7.63. The summed E-state index contributed by atoms with van der Waals surface area (Å²) in [5.74, 6) is 0. The van der Waals surface area contributed by atoms with Gasteiger partial charge in [0.05, 0.1) is 24.4 Å². The predicted octanol–water partition coefficient (Wildman–Crippen LogP) is 3.24. The molecule has 1 aromatic carbocycles. The Kier molecular flexibility index (Phi) is 5.58. The van der Waals surface area contributed by atoms with Gasteiger partial charge in [0.1, 0.15) is 5.02 Å². The van der Waals surface area contributed by atoms with Crippen LogP contribution in [0.15, 0.2) is 40.1 Å². The number of sulfonamides is 1. The van der Waals surface area contributed by atoms with Gasteiger partial charge in [-0.1, -0.05) is 28.4 Å². The average Bonchev–Trinajstić information content (AvgIpc) is 3.29. The van der Waals surface area contributed by atoms with E-state index in [0.717, 1.165) is 17.5 Å². The number of pyridine rings is 1. The summed E-state index contributed by atoms with van der Waals surface area (Å²) < 4.78 is 38.7. The number of nitrogens with zero attached hydrogens (tertiary/aromatic N) is 4. The second-order valence-corrected chi connectivity index (χ2v) is 10.3. The minimum Gasteiger partial charge on any atom is -0.355 e. The molecular formula is C20H18Cl2N4O5S. The lowest BCUT2D eigenvalue weighted by Gasteiger charge is -2.44. The van der Waals surface area contributed by atoms with Gasteiger partial charge in [0.25, 0.3) is 10.0 Å². The summed E-state index contributed by atoms with van der Waals surface area (Å²) >= 11 is 12.1. The van der Waals surface area contributed by atoms with Gasteiger partial charge >= 0.3 is 0 Å². The molecular weight excluding hydrogens is 479 g/mol. The van der Waals surface area contributed by atoms with Crippen LogP contribution in [0.1, 0.15) is 18.4 Å². The minimum absolute atomic E-state index is 0.0781. The summed E-state index contributed by atoms with van der Waals surface area (Å²) in [6.45, 7) is 0.810. The normalized spacial score (nSPS) is 20.4. The number of fused-ring (bicyclic) bond motifs is 2. The maximum atomic E-state index is 13.3. The summed E-state index contributed by atoms with van der Waals surface area (Å²) in [4.78, 5) is 17.7. The zero-order valence-corrected chi connectivity index (χ0v) is 19.0. The first-order valence-electron chi connectivity index (χ1n) is 9.93. The van der Waals surface area contributed by atoms with Gasteiger partial charge in [-0.2, -0.15) is 4.31 Å². The molecule has 0 bridgehead atoms. The summed E-state index contributed by atoms with van der Waals surface area (Å²) in [6.07, 6.45) is 3.60. The third-order valence-corrected chi connectivity index (χ3v) is 8.20. The van der Waals surface area contributed by atoms with Crippen LogP contribution in [-0.4, -0.2) is 54.5 Å². The van der Waals surface area contributed by atoms with Gasteiger partial charge in [-0.25, -0.2) is 13.4 Å². The molecule has 2 aliphatic heterocycles. The molecule has 32 heavy (non-hydrogen) atoms. The maximum Gasteiger partial charge on any atom is 0.261 e. The number of anilines is 1. The highest BCUT2D eigenvalue weighted by Gasteiger charge is 2.38. The number of benzene rings is 1. The van der Waals surface area contributed by atoms with Crippen molar-refractivity contribution in [3.05, 3.63) is 46.2 Å². The highest BCUT2D eigenvalue weighted by atomic mass is 35.5. The molecule has 1 unspecified atom stereocenters. The van der Waals surface area contributed by atoms with Crippen molar-refractivity contribution >= 4 is 56.2 Å². The first kappa shape index (κ1) is 21.6. The number of ether oxygens (including phenoxy) is 1. The molecule has 1 atom stereocenters. The van der Waals surface area contributed by atoms with Gasteiger partial charge in [-0.05, 0) is 31.0 Å². The fourth-order valence-corrected chi connectivity index (χ4v) is 6.24. The monoisotopic (exact) mass is 496 g/mol. The molecule has 1 fully saturated rings. The SMILES string of the molecule is O=CC1OCc2cc(Cl)ccc2N1C1CCN(S(=O)(=O)c2ncc(Cl)c3oncc23)CC1. The summed E-state index contributed by atoms with van der Waals surface area (Å²) in [6, 6.07) is 5.39. The van der Waals surface area contributed by atoms with Crippen LogP contribution in [0.2, 0.25) is 10.0 Å². The summed E-state index contributed by atoms with van der Waals surface area (Å²) in [5.41, 5.74) is 1.96. The number of carbonyl (C=O) groups excluding carboxylic acids is 1. The van der Waals surface area contributed by atoms with E-state index in [9.17, 15) is 13.2 Å². The number of piperidine rings is 1. The fourth-order valence-electron chi connectivity index (χ4n) is 4.32. The third kappa shape index (κ3) is 3.56. The van der Waals surface area contributed by atoms with E-state index in [-0.39, 0.29) is 40.1 Å². The summed E-state index contributed by atoms with van der Waals surface area (Å²) in [7, 11) is -3.89. The van der Waals surface area contributed by atoms with E-state index in [1.165, 1.54) is 16.7 Å². The van der Waals surface area contributed by atoms with Gasteiger partial charge in [0.2, 0.25) is 0 Å². The van der Waals surface area contributed by atoms with Gasteiger partial charge in [-0.15, -0.1) is 0 Å². The Morgan fingerprint density at radius 2 is 1.94 bits per heavy atom. The zero-order valence-electron chi connectivity index (χ0n) is 16.6. The predicted molar refractivity (Wildman–Crippen MR) is 117 cm³/mol. The van der Waals surface area contributed by atoms with Crippen molar-refractivity contribution in [2.24, 2.45) is 0 Å². The number of carbonyl (C=O) groups is 1. The molecule has 3 aromatic rings. The van der Waals surface area contributed by atoms with E-state index in [4.69, 9.17) is 32.5 Å². The number of aromatic nitrogens is 2. The van der Waals surface area contributed by atoms with E-state index in [2.05, 4.69) is 10.1 Å². The van der Waals surface area contributed by atoms with Crippen molar-refractivity contribution < 1.29 is 22.5 Å². The smallest absolute Gasteiger partial charge is 0.261 e. The molecule has 0 N–H and O–H groups in total. The van der Waals surface area contributed by atoms with Crippen LogP contribution in [0.4, 0.5) is 5.69 Å². The highest BCUT2D eigenvalue weighted by Crippen LogP contribution is 2.36. The number of hydrogen-bond acceptors (Lipinski definition) is 8. The lowest BCUT2D eigenvalue weighted by molar-refractivity contribution is -0.120. The number of aldehydes is 1. The Morgan fingerprint density at radius 1 is 1.16 bits per heavy atom. The Bertz CT molecular complexity index is 1290. The van der Waals surface area contributed by atoms with Crippen molar-refractivity contribution in [2.45, 2.75) is 36.7 Å². The standard InChI is InChI=1S/C20H18Cl2N4O5S/c21-13-1-2-17-12(7-13)11-30-18(10-27)26(17)14-3-5-25(6-4-14)32(28,29)20-15-8-24-31-19(15)16(22)9-23-20/h1-2,7-10,14,18H,3-6,11H2. The Balaban J connectivity index is 1.40. The van der Waals surface area contributed by atoms with Gasteiger partial charge in [-0.3, -0.25) is 4.79 Å². The zero-order chi connectivity index (χ0) is 22.5. The van der Waals surface area contributed by atoms with Crippen molar-refractivity contribution in [1.29, 1.82) is 0 Å². The van der Waals surface area contributed by atoms with Gasteiger partial charge < -0.3 is 14.2 Å². The van der Waals surface area contributed by atoms with Crippen LogP contribution in [-0.2, 0) is 26.2 Å². The first-order valence-corrected chi connectivity index (χ1v) is 12.1. The quantitative estimate of drug-likeness (QED) is 0.506. The van der Waals surface area contributed by atoms with Gasteiger partial charge in [0.15, 0.2) is 23.1 Å². The minimum atomic E-state index is -3.89. The Morgan fingerprint density at radius 3 is 2.69 bits per heavy atom. The molecule has 4 heterocycles. The topological polar surface area (TPSA) is 106 Å². The Labute approximate surface area is 193 Å². The Hall–Kier alpha value is -2.24. The summed E-state index contributed by atoms with van der Waals surface area (Å²) in [5, 5.41) is 4.55. The first-order chi connectivity index (χ1) is 15.4. The van der Waals surface area contributed by atoms with E-state index in [0.29, 0.717) is 24.5 Å². The van der Waals surface area contributed by atoms with Crippen molar-refractivity contribution in [1.82, 2.24) is 14.4 Å². The lowest BCUT2D eigenvalue weighted by Crippen LogP contribution is -2.53. The largest absolute Gasteiger partial charge is 0.355 e. The van der Waals surface area contributed by atoms with Gasteiger partial charge in [0, 0.05) is 35.4 Å². The molecule has 0 amide bonds. The van der Waals surface area contributed by atoms with Crippen LogP contribution in [0.25, 0.3) is 11.0 Å². The van der Waals surface area contributed by atoms with Crippen LogP contribution < -0.4 is 4.90 Å². The molecule has 0 saturated carbocycles. The van der Waals surface area contributed by atoms with Crippen LogP contribution in [0.3, 0.4) is 0 Å².